The summed E-state index contributed by atoms with van der Waals surface area (Å²) in [7, 11) is 0. The van der Waals surface area contributed by atoms with Crippen LogP contribution in [-0.4, -0.2) is 24.2 Å². The SMILES string of the molecule is O=C(Cc1ccc(OC(F)F)cc1)NCC(O)c1ccco1. The summed E-state index contributed by atoms with van der Waals surface area (Å²) < 4.78 is 33.2. The van der Waals surface area contributed by atoms with Crippen molar-refractivity contribution in [2.45, 2.75) is 19.1 Å². The van der Waals surface area contributed by atoms with Crippen LogP contribution < -0.4 is 10.1 Å². The number of aliphatic hydroxyl groups is 1. The normalized spacial score (nSPS) is 12.2. The number of carbonyl (C=O) groups excluding carboxylic acids is 1. The van der Waals surface area contributed by atoms with Crippen LogP contribution in [0.3, 0.4) is 0 Å². The van der Waals surface area contributed by atoms with Crippen molar-refractivity contribution >= 4 is 5.91 Å². The smallest absolute Gasteiger partial charge is 0.387 e. The van der Waals surface area contributed by atoms with E-state index in [0.717, 1.165) is 0 Å². The van der Waals surface area contributed by atoms with Crippen LogP contribution >= 0.6 is 0 Å². The van der Waals surface area contributed by atoms with Gasteiger partial charge < -0.3 is 19.6 Å². The van der Waals surface area contributed by atoms with Crippen molar-refractivity contribution in [3.8, 4) is 5.75 Å². The summed E-state index contributed by atoms with van der Waals surface area (Å²) in [6.07, 6.45) is 0.587. The maximum Gasteiger partial charge on any atom is 0.387 e. The molecular weight excluding hydrogens is 296 g/mol. The van der Waals surface area contributed by atoms with Gasteiger partial charge in [0.25, 0.3) is 0 Å². The van der Waals surface area contributed by atoms with Crippen LogP contribution in [0.5, 0.6) is 5.75 Å². The summed E-state index contributed by atoms with van der Waals surface area (Å²) in [5.74, 6) is 0.106. The molecular formula is C15H15F2NO4. The van der Waals surface area contributed by atoms with Crippen LogP contribution in [0.25, 0.3) is 0 Å². The number of hydrogen-bond acceptors (Lipinski definition) is 4. The third-order valence-electron chi connectivity index (χ3n) is 2.88. The number of ether oxygens (including phenoxy) is 1. The molecule has 22 heavy (non-hydrogen) atoms. The van der Waals surface area contributed by atoms with Gasteiger partial charge in [-0.05, 0) is 29.8 Å². The van der Waals surface area contributed by atoms with E-state index in [1.807, 2.05) is 0 Å². The number of amides is 1. The molecule has 0 saturated carbocycles. The van der Waals surface area contributed by atoms with E-state index in [1.54, 1.807) is 12.1 Å². The minimum Gasteiger partial charge on any atom is -0.467 e. The molecule has 0 spiro atoms. The highest BCUT2D eigenvalue weighted by Gasteiger charge is 2.12. The van der Waals surface area contributed by atoms with Gasteiger partial charge in [0.15, 0.2) is 0 Å². The van der Waals surface area contributed by atoms with Crippen molar-refractivity contribution in [1.29, 1.82) is 0 Å². The fourth-order valence-corrected chi connectivity index (χ4v) is 1.83. The van der Waals surface area contributed by atoms with Crippen LogP contribution in [0.1, 0.15) is 17.4 Å². The van der Waals surface area contributed by atoms with E-state index >= 15 is 0 Å². The predicted octanol–water partition coefficient (Wildman–Crippen LogP) is 2.27. The van der Waals surface area contributed by atoms with Gasteiger partial charge in [-0.15, -0.1) is 0 Å². The number of alkyl halides is 2. The summed E-state index contributed by atoms with van der Waals surface area (Å²) in [6, 6.07) is 9.04. The van der Waals surface area contributed by atoms with Crippen molar-refractivity contribution in [1.82, 2.24) is 5.32 Å². The predicted molar refractivity (Wildman–Crippen MR) is 73.5 cm³/mol. The second-order valence-electron chi connectivity index (χ2n) is 4.53. The molecule has 5 nitrogen and oxygen atoms in total. The maximum atomic E-state index is 12.0. The van der Waals surface area contributed by atoms with Gasteiger partial charge in [0.2, 0.25) is 5.91 Å². The number of halogens is 2. The molecule has 0 aliphatic rings. The topological polar surface area (TPSA) is 71.7 Å². The molecule has 1 heterocycles. The van der Waals surface area contributed by atoms with Gasteiger partial charge in [0.1, 0.15) is 17.6 Å². The first-order chi connectivity index (χ1) is 10.5. The van der Waals surface area contributed by atoms with Crippen molar-refractivity contribution in [3.63, 3.8) is 0 Å². The zero-order valence-corrected chi connectivity index (χ0v) is 11.5. The van der Waals surface area contributed by atoms with Crippen LogP contribution in [-0.2, 0) is 11.2 Å². The maximum absolute atomic E-state index is 12.0. The van der Waals surface area contributed by atoms with E-state index in [-0.39, 0.29) is 24.6 Å². The summed E-state index contributed by atoms with van der Waals surface area (Å²) >= 11 is 0. The number of furan rings is 1. The van der Waals surface area contributed by atoms with Crippen molar-refractivity contribution in [3.05, 3.63) is 54.0 Å². The molecule has 1 amide bonds. The summed E-state index contributed by atoms with van der Waals surface area (Å²) in [6.45, 7) is -2.85. The first-order valence-electron chi connectivity index (χ1n) is 6.56. The fourth-order valence-electron chi connectivity index (χ4n) is 1.83. The molecule has 2 rings (SSSR count). The summed E-state index contributed by atoms with van der Waals surface area (Å²) in [5.41, 5.74) is 0.645. The first kappa shape index (κ1) is 16.0. The Morgan fingerprint density at radius 2 is 2.00 bits per heavy atom. The van der Waals surface area contributed by atoms with Crippen LogP contribution in [0.2, 0.25) is 0 Å². The van der Waals surface area contributed by atoms with E-state index in [4.69, 9.17) is 4.42 Å². The standard InChI is InChI=1S/C15H15F2NO4/c16-15(17)22-11-5-3-10(4-6-11)8-14(20)18-9-12(19)13-2-1-7-21-13/h1-7,12,15,19H,8-9H2,(H,18,20). The van der Waals surface area contributed by atoms with Crippen molar-refractivity contribution in [2.24, 2.45) is 0 Å². The second kappa shape index (κ2) is 7.56. The number of benzene rings is 1. The molecule has 0 aliphatic heterocycles. The first-order valence-corrected chi connectivity index (χ1v) is 6.56. The average molecular weight is 311 g/mol. The lowest BCUT2D eigenvalue weighted by Crippen LogP contribution is -2.29. The zero-order valence-electron chi connectivity index (χ0n) is 11.5. The number of nitrogens with one attached hydrogen (secondary N) is 1. The zero-order chi connectivity index (χ0) is 15.9. The molecule has 0 aliphatic carbocycles. The Balaban J connectivity index is 1.79. The summed E-state index contributed by atoms with van der Waals surface area (Å²) in [4.78, 5) is 11.7. The average Bonchev–Trinajstić information content (AvgIpc) is 3.00. The molecule has 0 fully saturated rings. The number of hydrogen-bond donors (Lipinski definition) is 2. The molecule has 0 radical (unpaired) electrons. The molecule has 1 unspecified atom stereocenters. The molecule has 0 saturated heterocycles. The second-order valence-corrected chi connectivity index (χ2v) is 4.53. The molecule has 118 valence electrons. The van der Waals surface area contributed by atoms with Crippen LogP contribution in [0.15, 0.2) is 47.1 Å². The number of carbonyl (C=O) groups is 1. The molecule has 1 atom stereocenters. The Hall–Kier alpha value is -2.41. The number of rotatable bonds is 7. The molecule has 1 aromatic carbocycles. The Labute approximate surface area is 125 Å². The Morgan fingerprint density at radius 1 is 1.27 bits per heavy atom. The van der Waals surface area contributed by atoms with Gasteiger partial charge in [0.05, 0.1) is 19.2 Å². The van der Waals surface area contributed by atoms with Crippen molar-refractivity contribution < 1.29 is 27.8 Å². The Kier molecular flexibility index (Phi) is 5.48. The summed E-state index contributed by atoms with van der Waals surface area (Å²) in [5, 5.41) is 12.3. The van der Waals surface area contributed by atoms with Gasteiger partial charge in [-0.1, -0.05) is 12.1 Å². The lowest BCUT2D eigenvalue weighted by atomic mass is 10.1. The molecule has 7 heteroatoms. The minimum atomic E-state index is -2.88. The highest BCUT2D eigenvalue weighted by atomic mass is 19.3. The fraction of sp³-hybridized carbons (Fsp3) is 0.267. The molecule has 2 aromatic rings. The van der Waals surface area contributed by atoms with Crippen molar-refractivity contribution in [2.75, 3.05) is 6.54 Å². The number of aliphatic hydroxyl groups excluding tert-OH is 1. The van der Waals surface area contributed by atoms with Gasteiger partial charge in [-0.2, -0.15) is 8.78 Å². The highest BCUT2D eigenvalue weighted by Crippen LogP contribution is 2.15. The van der Waals surface area contributed by atoms with Gasteiger partial charge >= 0.3 is 6.61 Å². The van der Waals surface area contributed by atoms with Gasteiger partial charge in [0, 0.05) is 0 Å². The molecule has 1 aromatic heterocycles. The van der Waals surface area contributed by atoms with E-state index in [0.29, 0.717) is 11.3 Å². The third-order valence-corrected chi connectivity index (χ3v) is 2.88. The van der Waals surface area contributed by atoms with Gasteiger partial charge in [-0.25, -0.2) is 0 Å². The minimum absolute atomic E-state index is 0.0267. The van der Waals surface area contributed by atoms with Gasteiger partial charge in [-0.3, -0.25) is 4.79 Å². The lowest BCUT2D eigenvalue weighted by Gasteiger charge is -2.10. The van der Waals surface area contributed by atoms with E-state index in [1.165, 1.54) is 30.5 Å². The largest absolute Gasteiger partial charge is 0.467 e. The van der Waals surface area contributed by atoms with E-state index < -0.39 is 12.7 Å². The Bertz CT molecular complexity index is 584. The lowest BCUT2D eigenvalue weighted by molar-refractivity contribution is -0.121. The molecule has 2 N–H and O–H groups in total. The van der Waals surface area contributed by atoms with Crippen LogP contribution in [0.4, 0.5) is 8.78 Å². The monoisotopic (exact) mass is 311 g/mol. The van der Waals surface area contributed by atoms with Crippen LogP contribution in [0, 0.1) is 0 Å². The third kappa shape index (κ3) is 4.85. The quantitative estimate of drug-likeness (QED) is 0.823. The molecule has 0 bridgehead atoms. The van der Waals surface area contributed by atoms with E-state index in [9.17, 15) is 18.7 Å². The highest BCUT2D eigenvalue weighted by molar-refractivity contribution is 5.78. The Morgan fingerprint density at radius 3 is 2.59 bits per heavy atom. The van der Waals surface area contributed by atoms with E-state index in [2.05, 4.69) is 10.1 Å².